The van der Waals surface area contributed by atoms with Crippen LogP contribution in [0.3, 0.4) is 0 Å². The lowest BCUT2D eigenvalue weighted by molar-refractivity contribution is -0.384. The van der Waals surface area contributed by atoms with E-state index in [2.05, 4.69) is 15.4 Å². The van der Waals surface area contributed by atoms with E-state index in [-0.39, 0.29) is 28.5 Å². The first-order chi connectivity index (χ1) is 16.5. The summed E-state index contributed by atoms with van der Waals surface area (Å²) >= 11 is 0. The van der Waals surface area contributed by atoms with Crippen molar-refractivity contribution in [3.63, 3.8) is 0 Å². The number of fused-ring (bicyclic) bond motifs is 1. The van der Waals surface area contributed by atoms with Gasteiger partial charge >= 0.3 is 6.18 Å². The molecule has 4 rings (SSSR count). The van der Waals surface area contributed by atoms with Gasteiger partial charge in [-0.15, -0.1) is 0 Å². The summed E-state index contributed by atoms with van der Waals surface area (Å²) in [6, 6.07) is 10.7. The minimum Gasteiger partial charge on any atom is -0.506 e. The van der Waals surface area contributed by atoms with Crippen LogP contribution in [0.15, 0.2) is 54.7 Å². The summed E-state index contributed by atoms with van der Waals surface area (Å²) in [5, 5.41) is 26.9. The van der Waals surface area contributed by atoms with Gasteiger partial charge in [0, 0.05) is 17.7 Å². The maximum atomic E-state index is 13.8. The second-order valence-electron chi connectivity index (χ2n) is 8.01. The average molecular weight is 485 g/mol. The Morgan fingerprint density at radius 1 is 1.14 bits per heavy atom. The van der Waals surface area contributed by atoms with E-state index in [0.717, 1.165) is 36.0 Å². The minimum absolute atomic E-state index is 0.0205. The van der Waals surface area contributed by atoms with E-state index < -0.39 is 34.1 Å². The Balaban J connectivity index is 1.81. The molecule has 0 saturated heterocycles. The number of non-ortho nitro benzene ring substituents is 1. The predicted molar refractivity (Wildman–Crippen MR) is 120 cm³/mol. The van der Waals surface area contributed by atoms with Gasteiger partial charge in [0.25, 0.3) is 11.6 Å². The van der Waals surface area contributed by atoms with E-state index in [9.17, 15) is 33.2 Å². The number of hydrogen-bond donors (Lipinski definition) is 2. The molecule has 0 aliphatic rings. The number of alkyl halides is 3. The van der Waals surface area contributed by atoms with Gasteiger partial charge in [-0.1, -0.05) is 38.1 Å². The maximum Gasteiger partial charge on any atom is 0.433 e. The number of phenolic OH excluding ortho intramolecular Hbond substituents is 1. The molecule has 0 atom stereocenters. The van der Waals surface area contributed by atoms with Gasteiger partial charge in [0.15, 0.2) is 11.3 Å². The molecule has 0 bridgehead atoms. The third-order valence-electron chi connectivity index (χ3n) is 5.32. The zero-order chi connectivity index (χ0) is 25.5. The number of carbonyl (C=O) groups is 1. The van der Waals surface area contributed by atoms with Crippen molar-refractivity contribution >= 4 is 22.9 Å². The topological polar surface area (TPSA) is 123 Å². The molecule has 0 unspecified atom stereocenters. The molecule has 9 nitrogen and oxygen atoms in total. The van der Waals surface area contributed by atoms with Crippen LogP contribution < -0.4 is 5.32 Å². The Morgan fingerprint density at radius 2 is 1.83 bits per heavy atom. The number of aromatic nitrogens is 3. The fourth-order valence-electron chi connectivity index (χ4n) is 3.44. The first-order valence-corrected chi connectivity index (χ1v) is 10.3. The van der Waals surface area contributed by atoms with Gasteiger partial charge in [-0.3, -0.25) is 14.9 Å². The van der Waals surface area contributed by atoms with E-state index in [1.165, 1.54) is 0 Å². The normalized spacial score (nSPS) is 11.7. The summed E-state index contributed by atoms with van der Waals surface area (Å²) in [5.41, 5.74) is -1.14. The molecule has 2 aromatic carbocycles. The lowest BCUT2D eigenvalue weighted by Gasteiger charge is -2.12. The van der Waals surface area contributed by atoms with Crippen molar-refractivity contribution in [3.05, 3.63) is 81.7 Å². The predicted octanol–water partition coefficient (Wildman–Crippen LogP) is 5.40. The van der Waals surface area contributed by atoms with Crippen LogP contribution >= 0.6 is 0 Å². The summed E-state index contributed by atoms with van der Waals surface area (Å²) < 4.78 is 42.0. The quantitative estimate of drug-likeness (QED) is 0.222. The standard InChI is InChI=1S/C23H18F3N5O4/c1-12(2)13-3-5-14(6-4-13)17-10-20(23(24,25)26)30-21(28-17)16(11-27-30)22(33)29-18-9-15(31(34)35)7-8-19(18)32/h3-12,32H,1-2H3,(H,29,33). The molecule has 2 N–H and O–H groups in total. The number of phenols is 1. The van der Waals surface area contributed by atoms with Crippen LogP contribution in [-0.2, 0) is 6.18 Å². The van der Waals surface area contributed by atoms with Crippen LogP contribution in [0.2, 0.25) is 0 Å². The molecule has 35 heavy (non-hydrogen) atoms. The molecular weight excluding hydrogens is 467 g/mol. The van der Waals surface area contributed by atoms with Crippen LogP contribution in [0, 0.1) is 10.1 Å². The minimum atomic E-state index is -4.80. The summed E-state index contributed by atoms with van der Waals surface area (Å²) in [6.45, 7) is 3.97. The van der Waals surface area contributed by atoms with Crippen LogP contribution in [0.1, 0.15) is 41.4 Å². The number of nitro benzene ring substituents is 1. The lowest BCUT2D eigenvalue weighted by Crippen LogP contribution is -2.16. The number of rotatable bonds is 5. The number of nitrogens with zero attached hydrogens (tertiary/aromatic N) is 4. The molecule has 0 saturated carbocycles. The monoisotopic (exact) mass is 485 g/mol. The Kier molecular flexibility index (Phi) is 5.89. The first-order valence-electron chi connectivity index (χ1n) is 10.3. The number of amides is 1. The number of benzene rings is 2. The van der Waals surface area contributed by atoms with Crippen molar-refractivity contribution in [1.82, 2.24) is 14.6 Å². The van der Waals surface area contributed by atoms with E-state index in [0.29, 0.717) is 10.1 Å². The van der Waals surface area contributed by atoms with Crippen molar-refractivity contribution in [3.8, 4) is 17.0 Å². The van der Waals surface area contributed by atoms with Crippen LogP contribution in [-0.4, -0.2) is 30.5 Å². The summed E-state index contributed by atoms with van der Waals surface area (Å²) in [5.74, 6) is -1.19. The number of nitrogens with one attached hydrogen (secondary N) is 1. The first kappa shape index (κ1) is 23.7. The molecule has 0 fully saturated rings. The molecule has 0 aliphatic heterocycles. The van der Waals surface area contributed by atoms with Gasteiger partial charge in [-0.25, -0.2) is 9.50 Å². The van der Waals surface area contributed by atoms with E-state index >= 15 is 0 Å². The van der Waals surface area contributed by atoms with Gasteiger partial charge in [-0.05, 0) is 23.6 Å². The highest BCUT2D eigenvalue weighted by atomic mass is 19.4. The van der Waals surface area contributed by atoms with Crippen molar-refractivity contribution in [2.24, 2.45) is 0 Å². The molecule has 0 aliphatic carbocycles. The number of anilines is 1. The highest BCUT2D eigenvalue weighted by molar-refractivity contribution is 6.09. The highest BCUT2D eigenvalue weighted by Crippen LogP contribution is 2.34. The average Bonchev–Trinajstić information content (AvgIpc) is 3.23. The Morgan fingerprint density at radius 3 is 2.43 bits per heavy atom. The largest absolute Gasteiger partial charge is 0.506 e. The molecule has 2 aromatic heterocycles. The molecular formula is C23H18F3N5O4. The smallest absolute Gasteiger partial charge is 0.433 e. The fraction of sp³-hybridized carbons (Fsp3) is 0.174. The van der Waals surface area contributed by atoms with Crippen molar-refractivity contribution in [2.45, 2.75) is 25.9 Å². The van der Waals surface area contributed by atoms with Crippen molar-refractivity contribution < 1.29 is 28.0 Å². The summed E-state index contributed by atoms with van der Waals surface area (Å²) in [6.07, 6.45) is -3.89. The van der Waals surface area contributed by atoms with Gasteiger partial charge in [0.05, 0.1) is 22.5 Å². The van der Waals surface area contributed by atoms with Crippen LogP contribution in [0.25, 0.3) is 16.9 Å². The fourth-order valence-corrected chi connectivity index (χ4v) is 3.44. The Hall–Kier alpha value is -4.48. The van der Waals surface area contributed by atoms with Gasteiger partial charge in [0.2, 0.25) is 0 Å². The number of halogens is 3. The third kappa shape index (κ3) is 4.63. The highest BCUT2D eigenvalue weighted by Gasteiger charge is 2.36. The van der Waals surface area contributed by atoms with Gasteiger partial charge in [-0.2, -0.15) is 18.3 Å². The molecule has 12 heteroatoms. The second kappa shape index (κ2) is 8.70. The number of hydrogen-bond acceptors (Lipinski definition) is 6. The van der Waals surface area contributed by atoms with Crippen LogP contribution in [0.5, 0.6) is 5.75 Å². The second-order valence-corrected chi connectivity index (χ2v) is 8.01. The van der Waals surface area contributed by atoms with Gasteiger partial charge in [0.1, 0.15) is 11.3 Å². The SMILES string of the molecule is CC(C)c1ccc(-c2cc(C(F)(F)F)n3ncc(C(=O)Nc4cc([N+](=O)[O-])ccc4O)c3n2)cc1. The molecule has 2 heterocycles. The van der Waals surface area contributed by atoms with E-state index in [1.807, 2.05) is 13.8 Å². The number of nitro groups is 1. The summed E-state index contributed by atoms with van der Waals surface area (Å²) in [7, 11) is 0. The molecule has 0 spiro atoms. The Labute approximate surface area is 196 Å². The number of aromatic hydroxyl groups is 1. The lowest BCUT2D eigenvalue weighted by atomic mass is 10.0. The molecule has 4 aromatic rings. The summed E-state index contributed by atoms with van der Waals surface area (Å²) in [4.78, 5) is 27.4. The van der Waals surface area contributed by atoms with Crippen molar-refractivity contribution in [1.29, 1.82) is 0 Å². The molecule has 0 radical (unpaired) electrons. The molecule has 1 amide bonds. The molecule has 180 valence electrons. The van der Waals surface area contributed by atoms with E-state index in [1.54, 1.807) is 24.3 Å². The zero-order valence-corrected chi connectivity index (χ0v) is 18.4. The van der Waals surface area contributed by atoms with Crippen LogP contribution in [0.4, 0.5) is 24.5 Å². The third-order valence-corrected chi connectivity index (χ3v) is 5.32. The Bertz CT molecular complexity index is 1450. The zero-order valence-electron chi connectivity index (χ0n) is 18.4. The van der Waals surface area contributed by atoms with Gasteiger partial charge < -0.3 is 10.4 Å². The maximum absolute atomic E-state index is 13.8. The van der Waals surface area contributed by atoms with E-state index in [4.69, 9.17) is 0 Å². The number of carbonyl (C=O) groups excluding carboxylic acids is 1. The van der Waals surface area contributed by atoms with Crippen molar-refractivity contribution in [2.75, 3.05) is 5.32 Å².